The first kappa shape index (κ1) is 11.8. The number of hydrogen-bond donors (Lipinski definition) is 3. The zero-order valence-electron chi connectivity index (χ0n) is 8.17. The third kappa shape index (κ3) is 3.41. The van der Waals surface area contributed by atoms with Gasteiger partial charge in [0.25, 0.3) is 0 Å². The molecule has 84 valence electrons. The standard InChI is InChI=1S/C9H12F2N2O2/c1-9(15,5-14)4-13-8-7(11)2-6(10)3-12-8/h2-3,14-15H,4-5H2,1H3,(H,12,13). The van der Waals surface area contributed by atoms with E-state index in [1.807, 2.05) is 0 Å². The van der Waals surface area contributed by atoms with Crippen LogP contribution in [-0.2, 0) is 0 Å². The molecule has 1 atom stereocenters. The summed E-state index contributed by atoms with van der Waals surface area (Å²) in [4.78, 5) is 3.46. The van der Waals surface area contributed by atoms with Crippen LogP contribution in [0.5, 0.6) is 0 Å². The first-order chi connectivity index (χ1) is 6.94. The van der Waals surface area contributed by atoms with E-state index in [1.54, 1.807) is 0 Å². The van der Waals surface area contributed by atoms with Crippen molar-refractivity contribution in [2.75, 3.05) is 18.5 Å². The maximum atomic E-state index is 13.0. The summed E-state index contributed by atoms with van der Waals surface area (Å²) in [5.41, 5.74) is -1.37. The van der Waals surface area contributed by atoms with E-state index < -0.39 is 23.8 Å². The van der Waals surface area contributed by atoms with E-state index in [0.29, 0.717) is 6.07 Å². The number of hydrogen-bond acceptors (Lipinski definition) is 4. The van der Waals surface area contributed by atoms with E-state index >= 15 is 0 Å². The number of anilines is 1. The summed E-state index contributed by atoms with van der Waals surface area (Å²) in [6.45, 7) is 0.823. The molecule has 0 aliphatic rings. The van der Waals surface area contributed by atoms with Gasteiger partial charge in [0.05, 0.1) is 12.8 Å². The van der Waals surface area contributed by atoms with Crippen LogP contribution in [0.15, 0.2) is 12.3 Å². The van der Waals surface area contributed by atoms with Crippen LogP contribution in [0.25, 0.3) is 0 Å². The quantitative estimate of drug-likeness (QED) is 0.689. The average Bonchev–Trinajstić information content (AvgIpc) is 2.16. The molecule has 1 heterocycles. The van der Waals surface area contributed by atoms with Gasteiger partial charge in [-0.3, -0.25) is 0 Å². The van der Waals surface area contributed by atoms with Crippen molar-refractivity contribution in [3.63, 3.8) is 0 Å². The molecule has 0 fully saturated rings. The Bertz CT molecular complexity index is 345. The van der Waals surface area contributed by atoms with Crippen LogP contribution in [0.1, 0.15) is 6.92 Å². The third-order valence-corrected chi connectivity index (χ3v) is 1.79. The highest BCUT2D eigenvalue weighted by atomic mass is 19.1. The maximum absolute atomic E-state index is 13.0. The van der Waals surface area contributed by atoms with Gasteiger partial charge in [0.2, 0.25) is 0 Å². The van der Waals surface area contributed by atoms with Crippen LogP contribution in [0.3, 0.4) is 0 Å². The number of aliphatic hydroxyl groups excluding tert-OH is 1. The Balaban J connectivity index is 2.66. The van der Waals surface area contributed by atoms with Crippen LogP contribution in [0.4, 0.5) is 14.6 Å². The monoisotopic (exact) mass is 218 g/mol. The number of aliphatic hydroxyl groups is 2. The van der Waals surface area contributed by atoms with E-state index in [1.165, 1.54) is 6.92 Å². The molecule has 1 rings (SSSR count). The summed E-state index contributed by atoms with van der Waals surface area (Å²) in [5.74, 6) is -1.78. The molecule has 0 bridgehead atoms. The molecule has 1 unspecified atom stereocenters. The van der Waals surface area contributed by atoms with E-state index in [9.17, 15) is 13.9 Å². The minimum atomic E-state index is -1.37. The molecule has 0 aliphatic heterocycles. The van der Waals surface area contributed by atoms with Gasteiger partial charge in [-0.1, -0.05) is 0 Å². The summed E-state index contributed by atoms with van der Waals surface area (Å²) < 4.78 is 25.5. The Morgan fingerprint density at radius 3 is 2.73 bits per heavy atom. The fraction of sp³-hybridized carbons (Fsp3) is 0.444. The molecule has 0 saturated heterocycles. The third-order valence-electron chi connectivity index (χ3n) is 1.79. The number of aromatic nitrogens is 1. The zero-order valence-corrected chi connectivity index (χ0v) is 8.17. The lowest BCUT2D eigenvalue weighted by molar-refractivity contribution is 0.0131. The average molecular weight is 218 g/mol. The van der Waals surface area contributed by atoms with Gasteiger partial charge >= 0.3 is 0 Å². The number of nitrogens with one attached hydrogen (secondary N) is 1. The molecule has 0 aromatic carbocycles. The molecular formula is C9H12F2N2O2. The first-order valence-corrected chi connectivity index (χ1v) is 4.33. The fourth-order valence-corrected chi connectivity index (χ4v) is 0.875. The number of halogens is 2. The predicted molar refractivity (Wildman–Crippen MR) is 50.4 cm³/mol. The summed E-state index contributed by atoms with van der Waals surface area (Å²) in [6.07, 6.45) is 0.860. The number of pyridine rings is 1. The molecule has 4 nitrogen and oxygen atoms in total. The lowest BCUT2D eigenvalue weighted by Crippen LogP contribution is -2.37. The van der Waals surface area contributed by atoms with Gasteiger partial charge < -0.3 is 15.5 Å². The topological polar surface area (TPSA) is 65.4 Å². The normalized spacial score (nSPS) is 14.7. The van der Waals surface area contributed by atoms with Crippen molar-refractivity contribution in [3.8, 4) is 0 Å². The molecule has 0 aliphatic carbocycles. The van der Waals surface area contributed by atoms with Crippen LogP contribution >= 0.6 is 0 Å². The van der Waals surface area contributed by atoms with Crippen LogP contribution in [-0.4, -0.2) is 33.9 Å². The lowest BCUT2D eigenvalue weighted by Gasteiger charge is -2.20. The first-order valence-electron chi connectivity index (χ1n) is 4.33. The highest BCUT2D eigenvalue weighted by Gasteiger charge is 2.19. The Labute approximate surface area is 85.6 Å². The molecule has 1 aromatic heterocycles. The van der Waals surface area contributed by atoms with Gasteiger partial charge in [-0.05, 0) is 6.92 Å². The van der Waals surface area contributed by atoms with Gasteiger partial charge in [0, 0.05) is 12.6 Å². The molecule has 0 amide bonds. The van der Waals surface area contributed by atoms with Crippen molar-refractivity contribution in [2.24, 2.45) is 0 Å². The van der Waals surface area contributed by atoms with Gasteiger partial charge in [-0.15, -0.1) is 0 Å². The van der Waals surface area contributed by atoms with Gasteiger partial charge in [0.15, 0.2) is 11.6 Å². The van der Waals surface area contributed by atoms with E-state index in [-0.39, 0.29) is 12.4 Å². The minimum Gasteiger partial charge on any atom is -0.393 e. The van der Waals surface area contributed by atoms with Gasteiger partial charge in [-0.25, -0.2) is 13.8 Å². The molecule has 3 N–H and O–H groups in total. The minimum absolute atomic E-state index is 0.0843. The van der Waals surface area contributed by atoms with Crippen molar-refractivity contribution in [2.45, 2.75) is 12.5 Å². The van der Waals surface area contributed by atoms with Gasteiger partial charge in [-0.2, -0.15) is 0 Å². The van der Waals surface area contributed by atoms with E-state index in [2.05, 4.69) is 10.3 Å². The molecular weight excluding hydrogens is 206 g/mol. The van der Waals surface area contributed by atoms with E-state index in [4.69, 9.17) is 5.11 Å². The second kappa shape index (κ2) is 4.50. The van der Waals surface area contributed by atoms with Gasteiger partial charge in [0.1, 0.15) is 11.4 Å². The molecule has 15 heavy (non-hydrogen) atoms. The SMILES string of the molecule is CC(O)(CO)CNc1ncc(F)cc1F. The van der Waals surface area contributed by atoms with Crippen molar-refractivity contribution < 1.29 is 19.0 Å². The fourth-order valence-electron chi connectivity index (χ4n) is 0.875. The zero-order chi connectivity index (χ0) is 11.5. The van der Waals surface area contributed by atoms with Crippen molar-refractivity contribution in [1.82, 2.24) is 4.98 Å². The molecule has 0 radical (unpaired) electrons. The number of nitrogens with zero attached hydrogens (tertiary/aromatic N) is 1. The van der Waals surface area contributed by atoms with Crippen molar-refractivity contribution in [3.05, 3.63) is 23.9 Å². The Morgan fingerprint density at radius 2 is 2.20 bits per heavy atom. The smallest absolute Gasteiger partial charge is 0.168 e. The molecule has 0 saturated carbocycles. The second-order valence-electron chi connectivity index (χ2n) is 3.49. The predicted octanol–water partition coefficient (Wildman–Crippen LogP) is 0.515. The Morgan fingerprint density at radius 1 is 1.53 bits per heavy atom. The molecule has 6 heteroatoms. The lowest BCUT2D eigenvalue weighted by atomic mass is 10.1. The highest BCUT2D eigenvalue weighted by Crippen LogP contribution is 2.12. The second-order valence-corrected chi connectivity index (χ2v) is 3.49. The van der Waals surface area contributed by atoms with Crippen molar-refractivity contribution in [1.29, 1.82) is 0 Å². The van der Waals surface area contributed by atoms with Crippen molar-refractivity contribution >= 4 is 5.82 Å². The maximum Gasteiger partial charge on any atom is 0.168 e. The summed E-state index contributed by atoms with van der Waals surface area (Å²) in [6, 6.07) is 0.684. The Kier molecular flexibility index (Phi) is 3.54. The molecule has 1 aromatic rings. The summed E-state index contributed by atoms with van der Waals surface area (Å²) >= 11 is 0. The highest BCUT2D eigenvalue weighted by molar-refractivity contribution is 5.36. The summed E-state index contributed by atoms with van der Waals surface area (Å²) in [7, 11) is 0. The van der Waals surface area contributed by atoms with Crippen LogP contribution < -0.4 is 5.32 Å². The van der Waals surface area contributed by atoms with Crippen LogP contribution in [0, 0.1) is 11.6 Å². The van der Waals surface area contributed by atoms with E-state index in [0.717, 1.165) is 6.20 Å². The largest absolute Gasteiger partial charge is 0.393 e. The number of rotatable bonds is 4. The summed E-state index contributed by atoms with van der Waals surface area (Å²) in [5, 5.41) is 20.6. The van der Waals surface area contributed by atoms with Crippen LogP contribution in [0.2, 0.25) is 0 Å². The molecule has 0 spiro atoms. The Hall–Kier alpha value is -1.27.